The number of nitrogens with one attached hydrogen (secondary N) is 1. The highest BCUT2D eigenvalue weighted by molar-refractivity contribution is 5.76. The Balaban J connectivity index is 2.07. The molecule has 1 fully saturated rings. The van der Waals surface area contributed by atoms with Crippen LogP contribution in [0.1, 0.15) is 46.5 Å². The Morgan fingerprint density at radius 3 is 2.65 bits per heavy atom. The summed E-state index contributed by atoms with van der Waals surface area (Å²) in [6.45, 7) is 6.67. The molecule has 1 aliphatic rings. The zero-order chi connectivity index (χ0) is 15.0. The highest BCUT2D eigenvalue weighted by Crippen LogP contribution is 2.09. The van der Waals surface area contributed by atoms with E-state index >= 15 is 0 Å². The minimum Gasteiger partial charge on any atom is -0.460 e. The Bertz CT molecular complexity index is 351. The van der Waals surface area contributed by atoms with Crippen LogP contribution in [0.3, 0.4) is 0 Å². The second-order valence-electron chi connectivity index (χ2n) is 5.88. The van der Waals surface area contributed by atoms with Gasteiger partial charge in [0.15, 0.2) is 0 Å². The van der Waals surface area contributed by atoms with E-state index in [1.807, 2.05) is 26.8 Å². The number of allylic oxidation sites excluding steroid dienone is 1. The van der Waals surface area contributed by atoms with Gasteiger partial charge < -0.3 is 14.8 Å². The van der Waals surface area contributed by atoms with Crippen molar-refractivity contribution in [2.24, 2.45) is 0 Å². The topological polar surface area (TPSA) is 64.6 Å². The van der Waals surface area contributed by atoms with Crippen LogP contribution in [0, 0.1) is 0 Å². The smallest absolute Gasteiger partial charge is 0.323 e. The summed E-state index contributed by atoms with van der Waals surface area (Å²) < 4.78 is 10.3. The third-order valence-corrected chi connectivity index (χ3v) is 2.77. The Morgan fingerprint density at radius 2 is 2.05 bits per heavy atom. The fraction of sp³-hybridized carbons (Fsp3) is 0.733. The largest absolute Gasteiger partial charge is 0.460 e. The monoisotopic (exact) mass is 283 g/mol. The summed E-state index contributed by atoms with van der Waals surface area (Å²) in [6.07, 6.45) is 6.39. The Kier molecular flexibility index (Phi) is 6.71. The van der Waals surface area contributed by atoms with Gasteiger partial charge in [-0.2, -0.15) is 0 Å². The number of hydrogen-bond acceptors (Lipinski definition) is 5. The molecule has 0 aromatic rings. The predicted octanol–water partition coefficient (Wildman–Crippen LogP) is 1.96. The average Bonchev–Trinajstić information content (AvgIpc) is 2.84. The molecule has 0 aromatic heterocycles. The molecule has 5 nitrogen and oxygen atoms in total. The van der Waals surface area contributed by atoms with E-state index in [0.717, 1.165) is 19.4 Å². The number of rotatable bonds is 6. The number of ether oxygens (including phenoxy) is 2. The highest BCUT2D eigenvalue weighted by atomic mass is 16.6. The third-order valence-electron chi connectivity index (χ3n) is 2.77. The Morgan fingerprint density at radius 1 is 1.30 bits per heavy atom. The van der Waals surface area contributed by atoms with Crippen LogP contribution >= 0.6 is 0 Å². The third kappa shape index (κ3) is 7.28. The summed E-state index contributed by atoms with van der Waals surface area (Å²) in [5, 5.41) is 3.09. The Hall–Kier alpha value is -1.36. The van der Waals surface area contributed by atoms with Gasteiger partial charge in [-0.15, -0.1) is 0 Å². The van der Waals surface area contributed by atoms with E-state index in [0.29, 0.717) is 12.8 Å². The van der Waals surface area contributed by atoms with Crippen LogP contribution in [0.2, 0.25) is 0 Å². The average molecular weight is 283 g/mol. The fourth-order valence-electron chi connectivity index (χ4n) is 1.90. The summed E-state index contributed by atoms with van der Waals surface area (Å²) in [5.74, 6) is -0.409. The molecule has 0 amide bonds. The normalized spacial score (nSPS) is 19.2. The minimum atomic E-state index is -0.440. The van der Waals surface area contributed by atoms with Crippen molar-refractivity contribution < 1.29 is 19.1 Å². The molecule has 5 heteroatoms. The molecule has 1 heterocycles. The summed E-state index contributed by atoms with van der Waals surface area (Å²) in [4.78, 5) is 23.0. The molecule has 20 heavy (non-hydrogen) atoms. The van der Waals surface area contributed by atoms with E-state index in [1.165, 1.54) is 0 Å². The molecule has 0 aliphatic carbocycles. The molecule has 114 valence electrons. The second kappa shape index (κ2) is 8.04. The predicted molar refractivity (Wildman–Crippen MR) is 76.2 cm³/mol. The van der Waals surface area contributed by atoms with Crippen LogP contribution < -0.4 is 5.32 Å². The zero-order valence-electron chi connectivity index (χ0n) is 12.6. The van der Waals surface area contributed by atoms with Gasteiger partial charge in [0, 0.05) is 6.42 Å². The van der Waals surface area contributed by atoms with Crippen LogP contribution in [0.5, 0.6) is 0 Å². The molecule has 0 radical (unpaired) electrons. The maximum atomic E-state index is 11.6. The summed E-state index contributed by atoms with van der Waals surface area (Å²) in [5.41, 5.74) is -0.440. The van der Waals surface area contributed by atoms with Crippen molar-refractivity contribution in [2.45, 2.75) is 58.1 Å². The number of carbonyl (C=O) groups is 2. The molecule has 0 bridgehead atoms. The highest BCUT2D eigenvalue weighted by Gasteiger charge is 2.22. The Labute approximate surface area is 120 Å². The second-order valence-corrected chi connectivity index (χ2v) is 5.88. The molecule has 1 saturated heterocycles. The standard InChI is InChI=1S/C15H25NO4/c1-15(2,3)20-13(17)9-5-4-6-11-19-14(18)12-8-7-10-16-12/h4,6,12,16H,5,7-11H2,1-3H3/b6-4+/t12-/m0/s1. The van der Waals surface area contributed by atoms with Gasteiger partial charge >= 0.3 is 11.9 Å². The first-order chi connectivity index (χ1) is 9.38. The molecule has 0 spiro atoms. The number of hydrogen-bond donors (Lipinski definition) is 1. The molecule has 1 aliphatic heterocycles. The van der Waals surface area contributed by atoms with Crippen molar-refractivity contribution in [2.75, 3.05) is 13.2 Å². The molecular weight excluding hydrogens is 258 g/mol. The van der Waals surface area contributed by atoms with E-state index in [2.05, 4.69) is 5.32 Å². The van der Waals surface area contributed by atoms with Crippen LogP contribution in [0.25, 0.3) is 0 Å². The van der Waals surface area contributed by atoms with Crippen molar-refractivity contribution in [1.29, 1.82) is 0 Å². The van der Waals surface area contributed by atoms with Gasteiger partial charge in [0.2, 0.25) is 0 Å². The minimum absolute atomic E-state index is 0.148. The van der Waals surface area contributed by atoms with Gasteiger partial charge in [-0.3, -0.25) is 9.59 Å². The molecule has 0 saturated carbocycles. The number of carbonyl (C=O) groups excluding carboxylic acids is 2. The van der Waals surface area contributed by atoms with Crippen LogP contribution in [0.4, 0.5) is 0 Å². The first-order valence-corrected chi connectivity index (χ1v) is 7.15. The van der Waals surface area contributed by atoms with Crippen LogP contribution in [-0.2, 0) is 19.1 Å². The first kappa shape index (κ1) is 16.7. The molecular formula is C15H25NO4. The van der Waals surface area contributed by atoms with Crippen LogP contribution in [0.15, 0.2) is 12.2 Å². The quantitative estimate of drug-likeness (QED) is 0.596. The summed E-state index contributed by atoms with van der Waals surface area (Å²) in [6, 6.07) is -0.148. The van der Waals surface area contributed by atoms with Gasteiger partial charge in [0.25, 0.3) is 0 Å². The lowest BCUT2D eigenvalue weighted by Crippen LogP contribution is -2.32. The van der Waals surface area contributed by atoms with Gasteiger partial charge in [0.1, 0.15) is 18.2 Å². The van der Waals surface area contributed by atoms with E-state index in [9.17, 15) is 9.59 Å². The van der Waals surface area contributed by atoms with Crippen LogP contribution in [-0.4, -0.2) is 36.7 Å². The fourth-order valence-corrected chi connectivity index (χ4v) is 1.90. The lowest BCUT2D eigenvalue weighted by atomic mass is 10.2. The van der Waals surface area contributed by atoms with Crippen molar-refractivity contribution in [1.82, 2.24) is 5.32 Å². The van der Waals surface area contributed by atoms with Crippen molar-refractivity contribution >= 4 is 11.9 Å². The van der Waals surface area contributed by atoms with Crippen molar-refractivity contribution in [3.63, 3.8) is 0 Å². The van der Waals surface area contributed by atoms with E-state index in [1.54, 1.807) is 6.08 Å². The first-order valence-electron chi connectivity index (χ1n) is 7.15. The lowest BCUT2D eigenvalue weighted by Gasteiger charge is -2.19. The van der Waals surface area contributed by atoms with E-state index in [4.69, 9.17) is 9.47 Å². The maximum absolute atomic E-state index is 11.6. The van der Waals surface area contributed by atoms with Gasteiger partial charge in [0.05, 0.1) is 0 Å². The molecule has 0 unspecified atom stereocenters. The summed E-state index contributed by atoms with van der Waals surface area (Å²) in [7, 11) is 0. The van der Waals surface area contributed by atoms with Gasteiger partial charge in [-0.05, 0) is 46.6 Å². The van der Waals surface area contributed by atoms with Gasteiger partial charge in [-0.1, -0.05) is 12.2 Å². The molecule has 1 N–H and O–H groups in total. The summed E-state index contributed by atoms with van der Waals surface area (Å²) >= 11 is 0. The molecule has 1 rings (SSSR count). The SMILES string of the molecule is CC(C)(C)OC(=O)CC/C=C/COC(=O)[C@@H]1CCCN1. The molecule has 0 aromatic carbocycles. The molecule has 1 atom stereocenters. The maximum Gasteiger partial charge on any atom is 0.323 e. The van der Waals surface area contributed by atoms with Crippen molar-refractivity contribution in [3.05, 3.63) is 12.2 Å². The zero-order valence-corrected chi connectivity index (χ0v) is 12.6. The van der Waals surface area contributed by atoms with E-state index in [-0.39, 0.29) is 24.6 Å². The van der Waals surface area contributed by atoms with E-state index < -0.39 is 5.60 Å². The lowest BCUT2D eigenvalue weighted by molar-refractivity contribution is -0.154. The van der Waals surface area contributed by atoms with Gasteiger partial charge in [-0.25, -0.2) is 0 Å². The van der Waals surface area contributed by atoms with Crippen molar-refractivity contribution in [3.8, 4) is 0 Å². The number of esters is 2.